The molecule has 1 N–H and O–H groups in total. The van der Waals surface area contributed by atoms with Gasteiger partial charge in [0.1, 0.15) is 5.82 Å². The molecule has 0 aromatic carbocycles. The number of halogens is 1. The number of nitrogens with zero attached hydrogens (tertiary/aromatic N) is 2. The van der Waals surface area contributed by atoms with E-state index in [1.165, 1.54) is 0 Å². The van der Waals surface area contributed by atoms with E-state index < -0.39 is 0 Å². The van der Waals surface area contributed by atoms with Gasteiger partial charge in [0.15, 0.2) is 0 Å². The molecule has 0 atom stereocenters. The molecule has 1 rings (SSSR count). The minimum atomic E-state index is -0.00549. The number of anilines is 1. The fourth-order valence-electron chi connectivity index (χ4n) is 1.54. The summed E-state index contributed by atoms with van der Waals surface area (Å²) >= 11 is 3.35. The maximum atomic E-state index is 9.31. The highest BCUT2D eigenvalue weighted by Crippen LogP contribution is 2.22. The van der Waals surface area contributed by atoms with Gasteiger partial charge in [0, 0.05) is 29.3 Å². The second kappa shape index (κ2) is 6.01. The van der Waals surface area contributed by atoms with Crippen LogP contribution in [0, 0.1) is 0 Å². The number of pyridine rings is 1. The average Bonchev–Trinajstić information content (AvgIpc) is 2.25. The summed E-state index contributed by atoms with van der Waals surface area (Å²) in [6.07, 6.45) is 1.75. The summed E-state index contributed by atoms with van der Waals surface area (Å²) in [6.45, 7) is 9.55. The Bertz CT molecular complexity index is 379. The Balaban J connectivity index is 3.03. The van der Waals surface area contributed by atoms with Crippen LogP contribution in [0.2, 0.25) is 0 Å². The van der Waals surface area contributed by atoms with E-state index in [0.29, 0.717) is 0 Å². The Morgan fingerprint density at radius 2 is 2.31 bits per heavy atom. The molecular weight excluding hydrogens is 268 g/mol. The molecule has 0 aliphatic carbocycles. The molecule has 0 spiro atoms. The Morgan fingerprint density at radius 1 is 1.62 bits per heavy atom. The smallest absolute Gasteiger partial charge is 0.134 e. The summed E-state index contributed by atoms with van der Waals surface area (Å²) in [5.74, 6) is 0.830. The summed E-state index contributed by atoms with van der Waals surface area (Å²) in [4.78, 5) is 6.45. The van der Waals surface area contributed by atoms with Crippen LogP contribution >= 0.6 is 15.9 Å². The molecule has 0 unspecified atom stereocenters. The molecule has 0 aliphatic rings. The second-order valence-corrected chi connectivity index (χ2v) is 4.68. The zero-order valence-electron chi connectivity index (χ0n) is 9.70. The van der Waals surface area contributed by atoms with Crippen LogP contribution < -0.4 is 4.90 Å². The molecule has 4 heteroatoms. The van der Waals surface area contributed by atoms with Gasteiger partial charge in [-0.3, -0.25) is 0 Å². The van der Waals surface area contributed by atoms with E-state index in [0.717, 1.165) is 34.5 Å². The van der Waals surface area contributed by atoms with E-state index in [1.807, 2.05) is 13.0 Å². The monoisotopic (exact) mass is 284 g/mol. The van der Waals surface area contributed by atoms with Crippen LogP contribution in [0.3, 0.4) is 0 Å². The summed E-state index contributed by atoms with van der Waals surface area (Å²) < 4.78 is 0.881. The first-order chi connectivity index (χ1) is 7.58. The average molecular weight is 285 g/mol. The van der Waals surface area contributed by atoms with Crippen molar-refractivity contribution in [2.24, 2.45) is 0 Å². The molecule has 3 nitrogen and oxygen atoms in total. The molecule has 0 saturated heterocycles. The van der Waals surface area contributed by atoms with Gasteiger partial charge >= 0.3 is 0 Å². The Kier molecular flexibility index (Phi) is 4.96. The van der Waals surface area contributed by atoms with Crippen molar-refractivity contribution in [3.05, 3.63) is 34.5 Å². The molecule has 1 aromatic heterocycles. The van der Waals surface area contributed by atoms with Crippen molar-refractivity contribution >= 4 is 21.7 Å². The van der Waals surface area contributed by atoms with Crippen LogP contribution in [-0.2, 0) is 6.61 Å². The number of aliphatic hydroxyl groups is 1. The topological polar surface area (TPSA) is 36.4 Å². The van der Waals surface area contributed by atoms with E-state index in [-0.39, 0.29) is 6.61 Å². The van der Waals surface area contributed by atoms with Crippen LogP contribution in [0.15, 0.2) is 28.9 Å². The van der Waals surface area contributed by atoms with Crippen LogP contribution in [0.25, 0.3) is 0 Å². The van der Waals surface area contributed by atoms with E-state index in [4.69, 9.17) is 0 Å². The first kappa shape index (κ1) is 13.2. The summed E-state index contributed by atoms with van der Waals surface area (Å²) in [5.41, 5.74) is 1.91. The normalized spacial score (nSPS) is 10.2. The lowest BCUT2D eigenvalue weighted by molar-refractivity contribution is 0.281. The lowest BCUT2D eigenvalue weighted by Gasteiger charge is -2.24. The van der Waals surface area contributed by atoms with Gasteiger partial charge in [-0.2, -0.15) is 0 Å². The van der Waals surface area contributed by atoms with Crippen molar-refractivity contribution < 1.29 is 5.11 Å². The molecule has 16 heavy (non-hydrogen) atoms. The number of aromatic nitrogens is 1. The van der Waals surface area contributed by atoms with Crippen molar-refractivity contribution in [3.63, 3.8) is 0 Å². The number of aliphatic hydroxyl groups excluding tert-OH is 1. The number of hydrogen-bond donors (Lipinski definition) is 1. The van der Waals surface area contributed by atoms with Crippen molar-refractivity contribution in [1.82, 2.24) is 4.98 Å². The van der Waals surface area contributed by atoms with Crippen molar-refractivity contribution in [1.29, 1.82) is 0 Å². The van der Waals surface area contributed by atoms with E-state index >= 15 is 0 Å². The fourth-order valence-corrected chi connectivity index (χ4v) is 1.92. The summed E-state index contributed by atoms with van der Waals surface area (Å²) in [6, 6.07) is 1.89. The molecule has 0 saturated carbocycles. The molecule has 1 heterocycles. The highest BCUT2D eigenvalue weighted by Gasteiger charge is 2.11. The third-order valence-corrected chi connectivity index (χ3v) is 2.66. The first-order valence-corrected chi connectivity index (χ1v) is 6.02. The van der Waals surface area contributed by atoms with Crippen LogP contribution in [-0.4, -0.2) is 23.2 Å². The van der Waals surface area contributed by atoms with Gasteiger partial charge < -0.3 is 10.0 Å². The van der Waals surface area contributed by atoms with Crippen LogP contribution in [0.5, 0.6) is 0 Å². The third-order valence-electron chi connectivity index (χ3n) is 2.22. The number of rotatable bonds is 5. The predicted molar refractivity (Wildman–Crippen MR) is 70.6 cm³/mol. The van der Waals surface area contributed by atoms with Gasteiger partial charge in [-0.15, -0.1) is 0 Å². The van der Waals surface area contributed by atoms with Crippen molar-refractivity contribution in [3.8, 4) is 0 Å². The SMILES string of the molecule is C=C(C)CN(CC)c1ncc(Br)cc1CO. The zero-order chi connectivity index (χ0) is 12.1. The molecule has 0 fully saturated rings. The van der Waals surface area contributed by atoms with Gasteiger partial charge in [0.2, 0.25) is 0 Å². The first-order valence-electron chi connectivity index (χ1n) is 5.23. The minimum Gasteiger partial charge on any atom is -0.392 e. The molecular formula is C12H17BrN2O. The molecule has 0 aliphatic heterocycles. The lowest BCUT2D eigenvalue weighted by Crippen LogP contribution is -2.26. The van der Waals surface area contributed by atoms with Gasteiger partial charge in [-0.25, -0.2) is 4.98 Å². The molecule has 0 radical (unpaired) electrons. The summed E-state index contributed by atoms with van der Waals surface area (Å²) in [7, 11) is 0. The third kappa shape index (κ3) is 3.32. The molecule has 88 valence electrons. The van der Waals surface area contributed by atoms with Crippen LogP contribution in [0.4, 0.5) is 5.82 Å². The number of hydrogen-bond acceptors (Lipinski definition) is 3. The van der Waals surface area contributed by atoms with Gasteiger partial charge in [-0.05, 0) is 35.8 Å². The highest BCUT2D eigenvalue weighted by atomic mass is 79.9. The molecule has 0 amide bonds. The van der Waals surface area contributed by atoms with E-state index in [1.54, 1.807) is 6.20 Å². The second-order valence-electron chi connectivity index (χ2n) is 3.77. The summed E-state index contributed by atoms with van der Waals surface area (Å²) in [5, 5.41) is 9.31. The lowest BCUT2D eigenvalue weighted by atomic mass is 10.2. The maximum Gasteiger partial charge on any atom is 0.134 e. The Hall–Kier alpha value is -0.870. The maximum absolute atomic E-state index is 9.31. The van der Waals surface area contributed by atoms with Crippen LogP contribution in [0.1, 0.15) is 19.4 Å². The minimum absolute atomic E-state index is 0.00549. The van der Waals surface area contributed by atoms with Gasteiger partial charge in [0.05, 0.1) is 6.61 Å². The van der Waals surface area contributed by atoms with E-state index in [2.05, 4.69) is 39.3 Å². The predicted octanol–water partition coefficient (Wildman–Crippen LogP) is 2.74. The van der Waals surface area contributed by atoms with Crippen molar-refractivity contribution in [2.45, 2.75) is 20.5 Å². The van der Waals surface area contributed by atoms with Gasteiger partial charge in [0.25, 0.3) is 0 Å². The fraction of sp³-hybridized carbons (Fsp3) is 0.417. The zero-order valence-corrected chi connectivity index (χ0v) is 11.3. The Morgan fingerprint density at radius 3 is 2.81 bits per heavy atom. The number of likely N-dealkylation sites (N-methyl/N-ethyl adjacent to an activating group) is 1. The standard InChI is InChI=1S/C12H17BrN2O/c1-4-15(7-9(2)3)12-10(8-16)5-11(13)6-14-12/h5-6,16H,2,4,7-8H2,1,3H3. The van der Waals surface area contributed by atoms with E-state index in [9.17, 15) is 5.11 Å². The molecule has 0 bridgehead atoms. The molecule has 1 aromatic rings. The highest BCUT2D eigenvalue weighted by molar-refractivity contribution is 9.10. The van der Waals surface area contributed by atoms with Crippen molar-refractivity contribution in [2.75, 3.05) is 18.0 Å². The van der Waals surface area contributed by atoms with Gasteiger partial charge in [-0.1, -0.05) is 12.2 Å². The largest absolute Gasteiger partial charge is 0.392 e. The Labute approximate surface area is 105 Å². The quantitative estimate of drug-likeness (QED) is 0.845.